The van der Waals surface area contributed by atoms with Crippen LogP contribution in [0.2, 0.25) is 0 Å². The maximum absolute atomic E-state index is 10.1. The normalized spacial score (nSPS) is 14.0. The summed E-state index contributed by atoms with van der Waals surface area (Å²) in [6.07, 6.45) is 0. The Hall–Kier alpha value is -0.430. The molecule has 1 aromatic rings. The first-order valence-electron chi connectivity index (χ1n) is 4.69. The fourth-order valence-electron chi connectivity index (χ4n) is 1.03. The molecule has 3 N–H and O–H groups in total. The van der Waals surface area contributed by atoms with Gasteiger partial charge in [0, 0.05) is 20.0 Å². The van der Waals surface area contributed by atoms with E-state index >= 15 is 0 Å². The molecule has 0 saturated carbocycles. The summed E-state index contributed by atoms with van der Waals surface area (Å²) in [5.41, 5.74) is 0.220. The van der Waals surface area contributed by atoms with Crippen LogP contribution in [0.3, 0.4) is 0 Å². The number of hydrogen-bond donors (Lipinski definition) is 3. The Morgan fingerprint density at radius 3 is 1.69 bits per heavy atom. The van der Waals surface area contributed by atoms with Crippen molar-refractivity contribution in [3.05, 3.63) is 35.9 Å². The van der Waals surface area contributed by atoms with Crippen molar-refractivity contribution < 1.29 is 39.5 Å². The third-order valence-electron chi connectivity index (χ3n) is 1.76. The molecular weight excluding hydrogens is 217 g/mol. The van der Waals surface area contributed by atoms with Gasteiger partial charge in [-0.25, -0.2) is 0 Å². The molecule has 0 aliphatic carbocycles. The molecule has 82 valence electrons. The zero-order chi connectivity index (χ0) is 10.9. The van der Waals surface area contributed by atoms with Crippen molar-refractivity contribution in [1.82, 2.24) is 16.0 Å². The Bertz CT molecular complexity index is 280. The third kappa shape index (κ3) is 6.95. The first-order valence-corrected chi connectivity index (χ1v) is 4.69. The van der Waals surface area contributed by atoms with E-state index in [1.165, 1.54) is 12.1 Å². The fourth-order valence-corrected chi connectivity index (χ4v) is 1.03. The second-order valence-electron chi connectivity index (χ2n) is 2.93. The number of rotatable bonds is 1. The number of carbonyl (C=O) groups excluding carboxylic acids is 1. The predicted octanol–water partition coefficient (Wildman–Crippen LogP) is -4.30. The molecule has 2 rings (SSSR count). The summed E-state index contributed by atoms with van der Waals surface area (Å²) in [7, 11) is 0. The second kappa shape index (κ2) is 9.77. The number of hydrogen-bond acceptors (Lipinski definition) is 5. The zero-order valence-corrected chi connectivity index (χ0v) is 11.3. The van der Waals surface area contributed by atoms with Gasteiger partial charge in [-0.3, -0.25) is 16.0 Å². The molecule has 1 aromatic carbocycles. The van der Waals surface area contributed by atoms with Crippen molar-refractivity contribution in [1.29, 1.82) is 0 Å². The molecule has 0 amide bonds. The minimum Gasteiger partial charge on any atom is -0.545 e. The Labute approximate surface area is 117 Å². The first kappa shape index (κ1) is 15.6. The zero-order valence-electron chi connectivity index (χ0n) is 9.32. The number of carboxylic acids is 1. The topological polar surface area (TPSA) is 76.2 Å². The largest absolute Gasteiger partial charge is 1.00 e. The molecule has 1 fully saturated rings. The SMILES string of the molecule is C1NCNCN1.O=C([O-])c1ccccc1.[Na+]. The summed E-state index contributed by atoms with van der Waals surface area (Å²) in [6.45, 7) is 2.81. The molecule has 1 aliphatic heterocycles. The maximum Gasteiger partial charge on any atom is 1.00 e. The smallest absolute Gasteiger partial charge is 0.545 e. The Morgan fingerprint density at radius 1 is 1.00 bits per heavy atom. The van der Waals surface area contributed by atoms with Crippen molar-refractivity contribution in [3.8, 4) is 0 Å². The van der Waals surface area contributed by atoms with Gasteiger partial charge in [-0.1, -0.05) is 30.3 Å². The number of benzene rings is 1. The molecule has 1 heterocycles. The molecule has 0 atom stereocenters. The molecule has 1 aliphatic rings. The van der Waals surface area contributed by atoms with Gasteiger partial charge >= 0.3 is 29.6 Å². The molecular formula is C10H14N3NaO2. The van der Waals surface area contributed by atoms with Gasteiger partial charge in [-0.2, -0.15) is 0 Å². The summed E-state index contributed by atoms with van der Waals surface area (Å²) in [5.74, 6) is -1.13. The molecule has 0 radical (unpaired) electrons. The summed E-state index contributed by atoms with van der Waals surface area (Å²) in [6, 6.07) is 8.06. The van der Waals surface area contributed by atoms with E-state index in [2.05, 4.69) is 16.0 Å². The van der Waals surface area contributed by atoms with Gasteiger partial charge in [-0.15, -0.1) is 0 Å². The van der Waals surface area contributed by atoms with E-state index in [-0.39, 0.29) is 35.1 Å². The molecule has 0 unspecified atom stereocenters. The third-order valence-corrected chi connectivity index (χ3v) is 1.76. The van der Waals surface area contributed by atoms with Gasteiger partial charge in [0.05, 0.1) is 5.97 Å². The Morgan fingerprint density at radius 2 is 1.44 bits per heavy atom. The molecule has 1 saturated heterocycles. The van der Waals surface area contributed by atoms with E-state index in [4.69, 9.17) is 0 Å². The molecule has 16 heavy (non-hydrogen) atoms. The van der Waals surface area contributed by atoms with Crippen LogP contribution in [0.4, 0.5) is 0 Å². The van der Waals surface area contributed by atoms with Crippen LogP contribution in [0, 0.1) is 0 Å². The van der Waals surface area contributed by atoms with Crippen LogP contribution >= 0.6 is 0 Å². The monoisotopic (exact) mass is 231 g/mol. The van der Waals surface area contributed by atoms with Crippen LogP contribution < -0.4 is 50.6 Å². The molecule has 6 heteroatoms. The van der Waals surface area contributed by atoms with Crippen molar-refractivity contribution in [2.45, 2.75) is 0 Å². The predicted molar refractivity (Wildman–Crippen MR) is 54.8 cm³/mol. The molecule has 0 spiro atoms. The maximum atomic E-state index is 10.1. The van der Waals surface area contributed by atoms with Crippen LogP contribution in [-0.2, 0) is 0 Å². The van der Waals surface area contributed by atoms with E-state index in [9.17, 15) is 9.90 Å². The van der Waals surface area contributed by atoms with Crippen LogP contribution in [0.5, 0.6) is 0 Å². The van der Waals surface area contributed by atoms with Crippen LogP contribution in [0.1, 0.15) is 10.4 Å². The minimum absolute atomic E-state index is 0. The van der Waals surface area contributed by atoms with E-state index in [0.29, 0.717) is 0 Å². The quantitative estimate of drug-likeness (QED) is 0.426. The summed E-state index contributed by atoms with van der Waals surface area (Å²) in [5, 5.41) is 19.3. The first-order chi connectivity index (χ1) is 7.30. The molecule has 0 bridgehead atoms. The number of carbonyl (C=O) groups is 1. The number of nitrogens with one attached hydrogen (secondary N) is 3. The Kier molecular flexibility index (Phi) is 9.51. The van der Waals surface area contributed by atoms with Crippen molar-refractivity contribution in [3.63, 3.8) is 0 Å². The van der Waals surface area contributed by atoms with Gasteiger partial charge < -0.3 is 9.90 Å². The van der Waals surface area contributed by atoms with Crippen LogP contribution in [0.25, 0.3) is 0 Å². The summed E-state index contributed by atoms with van der Waals surface area (Å²) < 4.78 is 0. The second-order valence-corrected chi connectivity index (χ2v) is 2.93. The van der Waals surface area contributed by atoms with Crippen molar-refractivity contribution >= 4 is 5.97 Å². The Balaban J connectivity index is 0.000000283. The van der Waals surface area contributed by atoms with E-state index < -0.39 is 5.97 Å². The van der Waals surface area contributed by atoms with E-state index in [1.54, 1.807) is 18.2 Å². The average molecular weight is 231 g/mol. The van der Waals surface area contributed by atoms with Gasteiger partial charge in [0.1, 0.15) is 0 Å². The van der Waals surface area contributed by atoms with Gasteiger partial charge in [0.2, 0.25) is 0 Å². The van der Waals surface area contributed by atoms with Crippen LogP contribution in [-0.4, -0.2) is 26.0 Å². The summed E-state index contributed by atoms with van der Waals surface area (Å²) in [4.78, 5) is 10.1. The average Bonchev–Trinajstić information content (AvgIpc) is 2.33. The fraction of sp³-hybridized carbons (Fsp3) is 0.300. The summed E-state index contributed by atoms with van der Waals surface area (Å²) >= 11 is 0. The molecule has 0 aromatic heterocycles. The van der Waals surface area contributed by atoms with Gasteiger partial charge in [0.15, 0.2) is 0 Å². The van der Waals surface area contributed by atoms with E-state index in [1.807, 2.05) is 0 Å². The van der Waals surface area contributed by atoms with E-state index in [0.717, 1.165) is 20.0 Å². The van der Waals surface area contributed by atoms with Crippen molar-refractivity contribution in [2.75, 3.05) is 20.0 Å². The van der Waals surface area contributed by atoms with Crippen molar-refractivity contribution in [2.24, 2.45) is 0 Å². The minimum atomic E-state index is -1.13. The molecule has 5 nitrogen and oxygen atoms in total. The number of aromatic carboxylic acids is 1. The van der Waals surface area contributed by atoms with Gasteiger partial charge in [0.25, 0.3) is 0 Å². The standard InChI is InChI=1S/C7H6O2.C3H9N3.Na/c8-7(9)6-4-2-1-3-5-6;1-4-2-6-3-5-1;/h1-5H,(H,8,9);4-6H,1-3H2;/q;;+1/p-1. The van der Waals surface area contributed by atoms with Crippen LogP contribution in [0.15, 0.2) is 30.3 Å². The number of carboxylic acid groups (broad SMARTS) is 1. The van der Waals surface area contributed by atoms with Gasteiger partial charge in [-0.05, 0) is 5.56 Å².